The molecule has 1 saturated carbocycles. The normalized spacial score (nSPS) is 17.8. The first-order chi connectivity index (χ1) is 17.1. The van der Waals surface area contributed by atoms with E-state index in [9.17, 15) is 9.59 Å². The number of amides is 1. The van der Waals surface area contributed by atoms with E-state index >= 15 is 0 Å². The molecule has 3 aromatic rings. The molecule has 1 unspecified atom stereocenters. The minimum Gasteiger partial charge on any atom is -0.497 e. The molecule has 2 aromatic heterocycles. The van der Waals surface area contributed by atoms with Gasteiger partial charge in [0.1, 0.15) is 23.4 Å². The van der Waals surface area contributed by atoms with Crippen LogP contribution in [-0.2, 0) is 6.54 Å². The summed E-state index contributed by atoms with van der Waals surface area (Å²) in [6.45, 7) is 2.78. The predicted molar refractivity (Wildman–Crippen MR) is 131 cm³/mol. The van der Waals surface area contributed by atoms with Gasteiger partial charge in [-0.05, 0) is 49.1 Å². The van der Waals surface area contributed by atoms with Crippen LogP contribution in [0, 0.1) is 5.92 Å². The average molecular weight is 476 g/mol. The molecule has 182 valence electrons. The minimum absolute atomic E-state index is 0.131. The summed E-state index contributed by atoms with van der Waals surface area (Å²) in [4.78, 5) is 37.9. The zero-order valence-electron chi connectivity index (χ0n) is 19.9. The Hall–Kier alpha value is -3.72. The fourth-order valence-corrected chi connectivity index (χ4v) is 4.53. The number of carbonyl (C=O) groups is 1. The smallest absolute Gasteiger partial charge is 0.255 e. The first-order valence-electron chi connectivity index (χ1n) is 11.8. The minimum atomic E-state index is -0.478. The zero-order chi connectivity index (χ0) is 24.4. The molecule has 1 aromatic carbocycles. The summed E-state index contributed by atoms with van der Waals surface area (Å²) in [5.41, 5.74) is 1.61. The van der Waals surface area contributed by atoms with E-state index < -0.39 is 6.04 Å². The van der Waals surface area contributed by atoms with E-state index in [1.54, 1.807) is 48.3 Å². The van der Waals surface area contributed by atoms with Crippen LogP contribution in [-0.4, -0.2) is 59.2 Å². The molecule has 9 nitrogen and oxygen atoms in total. The second-order valence-corrected chi connectivity index (χ2v) is 9.02. The van der Waals surface area contributed by atoms with E-state index in [-0.39, 0.29) is 11.5 Å². The molecule has 2 aliphatic rings. The van der Waals surface area contributed by atoms with Crippen LogP contribution in [0.25, 0.3) is 11.3 Å². The Balaban J connectivity index is 1.53. The average Bonchev–Trinajstić information content (AvgIpc) is 3.72. The third-order valence-corrected chi connectivity index (χ3v) is 6.58. The highest BCUT2D eigenvalue weighted by Crippen LogP contribution is 2.31. The van der Waals surface area contributed by atoms with Crippen molar-refractivity contribution in [2.75, 3.05) is 33.9 Å². The molecule has 35 heavy (non-hydrogen) atoms. The summed E-state index contributed by atoms with van der Waals surface area (Å²) in [6, 6.07) is 9.83. The van der Waals surface area contributed by atoms with Crippen molar-refractivity contribution in [3.05, 3.63) is 70.5 Å². The lowest BCUT2D eigenvalue weighted by Crippen LogP contribution is -2.39. The number of nitrogens with zero attached hydrogens (tertiary/aromatic N) is 4. The van der Waals surface area contributed by atoms with Gasteiger partial charge < -0.3 is 14.8 Å². The molecule has 1 aliphatic carbocycles. The van der Waals surface area contributed by atoms with Crippen LogP contribution in [0.2, 0.25) is 0 Å². The Kier molecular flexibility index (Phi) is 6.50. The summed E-state index contributed by atoms with van der Waals surface area (Å²) in [7, 11) is 3.08. The zero-order valence-corrected chi connectivity index (χ0v) is 19.9. The van der Waals surface area contributed by atoms with E-state index in [1.807, 2.05) is 12.1 Å². The molecule has 3 heterocycles. The quantitative estimate of drug-likeness (QED) is 0.561. The number of hydrogen-bond donors (Lipinski definition) is 1. The standard InChI is InChI=1S/C26H29N5O4/c1-34-19-5-6-23(35-2)20(13-19)26(33)29-22-16-30(15-17-3-4-17)11-12-31-24(32)14-21(28-25(22)31)18-7-9-27-10-8-18/h5-10,13-14,17,22H,3-4,11-12,15-16H2,1-2H3,(H,29,33). The van der Waals surface area contributed by atoms with Crippen LogP contribution in [0.1, 0.15) is 35.1 Å². The highest BCUT2D eigenvalue weighted by atomic mass is 16.5. The van der Waals surface area contributed by atoms with Gasteiger partial charge in [0, 0.05) is 50.2 Å². The number of pyridine rings is 1. The molecule has 1 N–H and O–H groups in total. The predicted octanol–water partition coefficient (Wildman–Crippen LogP) is 2.52. The third-order valence-electron chi connectivity index (χ3n) is 6.58. The first-order valence-corrected chi connectivity index (χ1v) is 11.8. The maximum atomic E-state index is 13.5. The van der Waals surface area contributed by atoms with E-state index in [1.165, 1.54) is 20.0 Å². The van der Waals surface area contributed by atoms with E-state index in [0.29, 0.717) is 47.6 Å². The topological polar surface area (TPSA) is 98.6 Å². The monoisotopic (exact) mass is 475 g/mol. The van der Waals surface area contributed by atoms with E-state index in [2.05, 4.69) is 15.2 Å². The molecule has 1 aliphatic heterocycles. The van der Waals surface area contributed by atoms with Crippen molar-refractivity contribution >= 4 is 5.91 Å². The van der Waals surface area contributed by atoms with Crippen molar-refractivity contribution in [2.45, 2.75) is 25.4 Å². The van der Waals surface area contributed by atoms with Gasteiger partial charge in [0.15, 0.2) is 0 Å². The van der Waals surface area contributed by atoms with Crippen LogP contribution >= 0.6 is 0 Å². The Morgan fingerprint density at radius 1 is 1.09 bits per heavy atom. The summed E-state index contributed by atoms with van der Waals surface area (Å²) in [5.74, 6) is 1.93. The second-order valence-electron chi connectivity index (χ2n) is 9.02. The summed E-state index contributed by atoms with van der Waals surface area (Å²) >= 11 is 0. The second kappa shape index (κ2) is 9.87. The Bertz CT molecular complexity index is 1270. The van der Waals surface area contributed by atoms with Gasteiger partial charge in [0.05, 0.1) is 25.5 Å². The van der Waals surface area contributed by atoms with Gasteiger partial charge in [0.2, 0.25) is 0 Å². The van der Waals surface area contributed by atoms with Crippen LogP contribution in [0.3, 0.4) is 0 Å². The maximum Gasteiger partial charge on any atom is 0.255 e. The fraction of sp³-hybridized carbons (Fsp3) is 0.385. The molecule has 0 radical (unpaired) electrons. The SMILES string of the molecule is COc1ccc(OC)c(C(=O)NC2CN(CC3CC3)CCn3c2nc(-c2ccncc2)cc3=O)c1. The van der Waals surface area contributed by atoms with Crippen molar-refractivity contribution in [3.8, 4) is 22.8 Å². The Morgan fingerprint density at radius 2 is 1.89 bits per heavy atom. The highest BCUT2D eigenvalue weighted by Gasteiger charge is 2.31. The lowest BCUT2D eigenvalue weighted by Gasteiger charge is -2.25. The molecule has 1 fully saturated rings. The number of benzene rings is 1. The maximum absolute atomic E-state index is 13.5. The molecule has 9 heteroatoms. The summed E-state index contributed by atoms with van der Waals surface area (Å²) < 4.78 is 12.4. The molecule has 0 saturated heterocycles. The van der Waals surface area contributed by atoms with Gasteiger partial charge in [-0.25, -0.2) is 4.98 Å². The van der Waals surface area contributed by atoms with E-state index in [0.717, 1.165) is 18.7 Å². The van der Waals surface area contributed by atoms with Crippen molar-refractivity contribution < 1.29 is 14.3 Å². The number of fused-ring (bicyclic) bond motifs is 1. The van der Waals surface area contributed by atoms with Crippen molar-refractivity contribution in [3.63, 3.8) is 0 Å². The molecule has 0 spiro atoms. The number of aromatic nitrogens is 3. The molecular weight excluding hydrogens is 446 g/mol. The molecular formula is C26H29N5O4. The van der Waals surface area contributed by atoms with Crippen LogP contribution < -0.4 is 20.3 Å². The van der Waals surface area contributed by atoms with Gasteiger partial charge in [-0.15, -0.1) is 0 Å². The number of hydrogen-bond acceptors (Lipinski definition) is 7. The highest BCUT2D eigenvalue weighted by molar-refractivity contribution is 5.97. The van der Waals surface area contributed by atoms with E-state index in [4.69, 9.17) is 14.5 Å². The molecule has 5 rings (SSSR count). The molecule has 0 bridgehead atoms. The fourth-order valence-electron chi connectivity index (χ4n) is 4.53. The van der Waals surface area contributed by atoms with Crippen LogP contribution in [0.15, 0.2) is 53.6 Å². The van der Waals surface area contributed by atoms with Gasteiger partial charge in [-0.1, -0.05) is 0 Å². The number of methoxy groups -OCH3 is 2. The molecule has 1 atom stereocenters. The third kappa shape index (κ3) is 5.05. The largest absolute Gasteiger partial charge is 0.497 e. The summed E-state index contributed by atoms with van der Waals surface area (Å²) in [6.07, 6.45) is 5.80. The first kappa shape index (κ1) is 23.0. The summed E-state index contributed by atoms with van der Waals surface area (Å²) in [5, 5.41) is 3.14. The van der Waals surface area contributed by atoms with Crippen LogP contribution in [0.5, 0.6) is 11.5 Å². The van der Waals surface area contributed by atoms with Crippen molar-refractivity contribution in [1.29, 1.82) is 0 Å². The van der Waals surface area contributed by atoms with Gasteiger partial charge in [-0.2, -0.15) is 0 Å². The van der Waals surface area contributed by atoms with Gasteiger partial charge in [0.25, 0.3) is 11.5 Å². The lowest BCUT2D eigenvalue weighted by molar-refractivity contribution is 0.0920. The van der Waals surface area contributed by atoms with Crippen molar-refractivity contribution in [1.82, 2.24) is 24.8 Å². The number of carbonyl (C=O) groups excluding carboxylic acids is 1. The lowest BCUT2D eigenvalue weighted by atomic mass is 10.1. The Morgan fingerprint density at radius 3 is 2.60 bits per heavy atom. The Labute approximate surface area is 203 Å². The van der Waals surface area contributed by atoms with Gasteiger partial charge >= 0.3 is 0 Å². The number of rotatable bonds is 7. The van der Waals surface area contributed by atoms with Crippen molar-refractivity contribution in [2.24, 2.45) is 5.92 Å². The van der Waals surface area contributed by atoms with Crippen LogP contribution in [0.4, 0.5) is 0 Å². The number of nitrogens with one attached hydrogen (secondary N) is 1. The van der Waals surface area contributed by atoms with Gasteiger partial charge in [-0.3, -0.25) is 24.0 Å². The number of ether oxygens (including phenoxy) is 2. The molecule has 1 amide bonds.